The van der Waals surface area contributed by atoms with Crippen molar-refractivity contribution in [3.8, 4) is 0 Å². The van der Waals surface area contributed by atoms with Gasteiger partial charge < -0.3 is 20.5 Å². The molecule has 0 bridgehead atoms. The van der Waals surface area contributed by atoms with Crippen molar-refractivity contribution < 1.29 is 19.4 Å². The molecule has 2 amide bonds. The summed E-state index contributed by atoms with van der Waals surface area (Å²) in [6, 6.07) is -0.213. The molecule has 104 valence electrons. The number of carboxylic acids is 1. The minimum atomic E-state index is -0.856. The van der Waals surface area contributed by atoms with Crippen molar-refractivity contribution in [3.63, 3.8) is 0 Å². The first-order valence-electron chi connectivity index (χ1n) is 6.27. The van der Waals surface area contributed by atoms with Crippen molar-refractivity contribution in [1.29, 1.82) is 0 Å². The van der Waals surface area contributed by atoms with Gasteiger partial charge in [0, 0.05) is 18.6 Å². The van der Waals surface area contributed by atoms with Crippen molar-refractivity contribution >= 4 is 12.0 Å². The highest BCUT2D eigenvalue weighted by Crippen LogP contribution is 2.11. The predicted octanol–water partition coefficient (Wildman–Crippen LogP) is 1.11. The van der Waals surface area contributed by atoms with Crippen molar-refractivity contribution in [2.75, 3.05) is 13.2 Å². The number of rotatable bonds is 5. The van der Waals surface area contributed by atoms with Gasteiger partial charge in [-0.3, -0.25) is 4.79 Å². The molecule has 0 saturated carbocycles. The van der Waals surface area contributed by atoms with Gasteiger partial charge in [-0.1, -0.05) is 0 Å². The van der Waals surface area contributed by atoms with E-state index in [1.54, 1.807) is 0 Å². The number of amides is 2. The number of carboxylic acid groups (broad SMARTS) is 1. The van der Waals surface area contributed by atoms with Crippen molar-refractivity contribution in [2.45, 2.75) is 51.1 Å². The van der Waals surface area contributed by atoms with Gasteiger partial charge >= 0.3 is 12.0 Å². The third-order valence-corrected chi connectivity index (χ3v) is 2.91. The highest BCUT2D eigenvalue weighted by molar-refractivity contribution is 5.75. The number of urea groups is 1. The molecule has 0 aromatic rings. The van der Waals surface area contributed by atoms with Crippen LogP contribution in [0.4, 0.5) is 4.79 Å². The molecule has 1 fully saturated rings. The molecule has 6 nitrogen and oxygen atoms in total. The van der Waals surface area contributed by atoms with E-state index in [1.807, 2.05) is 13.8 Å². The molecule has 0 radical (unpaired) electrons. The topological polar surface area (TPSA) is 87.7 Å². The van der Waals surface area contributed by atoms with Gasteiger partial charge in [0.25, 0.3) is 0 Å². The van der Waals surface area contributed by atoms with E-state index in [9.17, 15) is 9.59 Å². The van der Waals surface area contributed by atoms with Gasteiger partial charge in [-0.05, 0) is 33.1 Å². The molecule has 18 heavy (non-hydrogen) atoms. The normalized spacial score (nSPS) is 20.2. The van der Waals surface area contributed by atoms with Crippen LogP contribution >= 0.6 is 0 Å². The minimum Gasteiger partial charge on any atom is -0.481 e. The largest absolute Gasteiger partial charge is 0.481 e. The Balaban J connectivity index is 2.30. The lowest BCUT2D eigenvalue weighted by Gasteiger charge is -2.29. The highest BCUT2D eigenvalue weighted by Gasteiger charge is 2.23. The van der Waals surface area contributed by atoms with Crippen LogP contribution in [0, 0.1) is 0 Å². The lowest BCUT2D eigenvalue weighted by molar-refractivity contribution is -0.137. The van der Waals surface area contributed by atoms with E-state index in [-0.39, 0.29) is 18.5 Å². The van der Waals surface area contributed by atoms with Crippen molar-refractivity contribution in [2.24, 2.45) is 0 Å². The van der Waals surface area contributed by atoms with Crippen LogP contribution in [0.5, 0.6) is 0 Å². The molecule has 1 aliphatic heterocycles. The Labute approximate surface area is 107 Å². The zero-order valence-corrected chi connectivity index (χ0v) is 11.0. The van der Waals surface area contributed by atoms with Crippen LogP contribution in [-0.4, -0.2) is 41.9 Å². The van der Waals surface area contributed by atoms with Crippen LogP contribution in [0.15, 0.2) is 0 Å². The summed E-state index contributed by atoms with van der Waals surface area (Å²) in [7, 11) is 0. The Hall–Kier alpha value is -1.30. The standard InChI is InChI=1S/C12H22N2O4/c1-12(2,6-5-10(15)16)14-11(17)13-9-4-3-7-18-8-9/h9H,3-8H2,1-2H3,(H,15,16)(H2,13,14,17). The second-order valence-corrected chi connectivity index (χ2v) is 5.29. The summed E-state index contributed by atoms with van der Waals surface area (Å²) in [5.41, 5.74) is -0.530. The van der Waals surface area contributed by atoms with E-state index in [1.165, 1.54) is 0 Å². The van der Waals surface area contributed by atoms with Crippen LogP contribution in [0.1, 0.15) is 39.5 Å². The molecule has 0 aliphatic carbocycles. The number of aliphatic carboxylic acids is 1. The molecule has 1 atom stereocenters. The minimum absolute atomic E-state index is 0.0415. The average Bonchev–Trinajstić information content (AvgIpc) is 2.27. The second-order valence-electron chi connectivity index (χ2n) is 5.29. The number of hydrogen-bond acceptors (Lipinski definition) is 3. The zero-order chi connectivity index (χ0) is 13.6. The van der Waals surface area contributed by atoms with E-state index in [0.29, 0.717) is 13.0 Å². The summed E-state index contributed by atoms with van der Waals surface area (Å²) in [6.45, 7) is 4.92. The molecule has 6 heteroatoms. The third kappa shape index (κ3) is 5.86. The van der Waals surface area contributed by atoms with Crippen LogP contribution < -0.4 is 10.6 Å². The fourth-order valence-electron chi connectivity index (χ4n) is 1.87. The molecule has 3 N–H and O–H groups in total. The number of nitrogens with one attached hydrogen (secondary N) is 2. The Morgan fingerprint density at radius 3 is 2.72 bits per heavy atom. The van der Waals surface area contributed by atoms with Crippen LogP contribution in [0.3, 0.4) is 0 Å². The maximum Gasteiger partial charge on any atom is 0.315 e. The van der Waals surface area contributed by atoms with E-state index >= 15 is 0 Å². The Bertz CT molecular complexity index is 298. The van der Waals surface area contributed by atoms with E-state index in [4.69, 9.17) is 9.84 Å². The van der Waals surface area contributed by atoms with E-state index in [2.05, 4.69) is 10.6 Å². The predicted molar refractivity (Wildman–Crippen MR) is 66.5 cm³/mol. The monoisotopic (exact) mass is 258 g/mol. The molecule has 0 aromatic heterocycles. The summed E-state index contributed by atoms with van der Waals surface area (Å²) in [6.07, 6.45) is 2.31. The average molecular weight is 258 g/mol. The number of carbonyl (C=O) groups excluding carboxylic acids is 1. The SMILES string of the molecule is CC(C)(CCC(=O)O)NC(=O)NC1CCCOC1. The van der Waals surface area contributed by atoms with Gasteiger partial charge in [0.05, 0.1) is 12.6 Å². The van der Waals surface area contributed by atoms with Crippen LogP contribution in [-0.2, 0) is 9.53 Å². The van der Waals surface area contributed by atoms with Gasteiger partial charge in [-0.25, -0.2) is 4.79 Å². The lowest BCUT2D eigenvalue weighted by Crippen LogP contribution is -2.52. The molecule has 1 rings (SSSR count). The molecule has 0 spiro atoms. The quantitative estimate of drug-likeness (QED) is 0.689. The summed E-state index contributed by atoms with van der Waals surface area (Å²) in [5, 5.41) is 14.3. The summed E-state index contributed by atoms with van der Waals surface area (Å²) >= 11 is 0. The van der Waals surface area contributed by atoms with Gasteiger partial charge in [0.1, 0.15) is 0 Å². The van der Waals surface area contributed by atoms with E-state index < -0.39 is 11.5 Å². The summed E-state index contributed by atoms with van der Waals surface area (Å²) in [4.78, 5) is 22.3. The van der Waals surface area contributed by atoms with Crippen molar-refractivity contribution in [1.82, 2.24) is 10.6 Å². The smallest absolute Gasteiger partial charge is 0.315 e. The summed E-state index contributed by atoms with van der Waals surface area (Å²) < 4.78 is 5.27. The van der Waals surface area contributed by atoms with Crippen LogP contribution in [0.2, 0.25) is 0 Å². The molecule has 1 aliphatic rings. The third-order valence-electron chi connectivity index (χ3n) is 2.91. The first kappa shape index (κ1) is 14.8. The molecular weight excluding hydrogens is 236 g/mol. The summed E-state index contributed by atoms with van der Waals surface area (Å²) in [5.74, 6) is -0.856. The highest BCUT2D eigenvalue weighted by atomic mass is 16.5. The van der Waals surface area contributed by atoms with Crippen LogP contribution in [0.25, 0.3) is 0 Å². The first-order chi connectivity index (χ1) is 8.39. The maximum atomic E-state index is 11.7. The van der Waals surface area contributed by atoms with Gasteiger partial charge in [0.15, 0.2) is 0 Å². The molecule has 0 aromatic carbocycles. The Morgan fingerprint density at radius 1 is 1.44 bits per heavy atom. The van der Waals surface area contributed by atoms with Gasteiger partial charge in [-0.2, -0.15) is 0 Å². The first-order valence-corrected chi connectivity index (χ1v) is 6.27. The Kier molecular flexibility index (Phi) is 5.40. The Morgan fingerprint density at radius 2 is 2.17 bits per heavy atom. The van der Waals surface area contributed by atoms with E-state index in [0.717, 1.165) is 19.4 Å². The molecule has 1 saturated heterocycles. The second kappa shape index (κ2) is 6.58. The molecular formula is C12H22N2O4. The fourth-order valence-corrected chi connectivity index (χ4v) is 1.87. The zero-order valence-electron chi connectivity index (χ0n) is 11.0. The number of hydrogen-bond donors (Lipinski definition) is 3. The molecule has 1 unspecified atom stereocenters. The maximum absolute atomic E-state index is 11.7. The molecule has 1 heterocycles. The van der Waals surface area contributed by atoms with Crippen molar-refractivity contribution in [3.05, 3.63) is 0 Å². The van der Waals surface area contributed by atoms with Gasteiger partial charge in [0.2, 0.25) is 0 Å². The van der Waals surface area contributed by atoms with Gasteiger partial charge in [-0.15, -0.1) is 0 Å². The number of ether oxygens (including phenoxy) is 1. The fraction of sp³-hybridized carbons (Fsp3) is 0.833. The lowest BCUT2D eigenvalue weighted by atomic mass is 9.99. The number of carbonyl (C=O) groups is 2.